The number of allylic oxidation sites excluding steroid dienone is 2. The van der Waals surface area contributed by atoms with Gasteiger partial charge in [0.1, 0.15) is 0 Å². The van der Waals surface area contributed by atoms with E-state index < -0.39 is 0 Å². The lowest BCUT2D eigenvalue weighted by Gasteiger charge is -2.19. The van der Waals surface area contributed by atoms with Crippen LogP contribution in [0.4, 0.5) is 0 Å². The van der Waals surface area contributed by atoms with Crippen LogP contribution < -0.4 is 0 Å². The van der Waals surface area contributed by atoms with E-state index in [0.717, 1.165) is 50.5 Å². The van der Waals surface area contributed by atoms with Crippen molar-refractivity contribution >= 4 is 11.4 Å². The number of aryl methyl sites for hydroxylation is 2. The minimum Gasteiger partial charge on any atom is -0.348 e. The number of hydrogen-bond donors (Lipinski definition) is 0. The molecule has 0 saturated carbocycles. The maximum Gasteiger partial charge on any atom is 0.303 e. The van der Waals surface area contributed by atoms with Crippen molar-refractivity contribution in [2.45, 2.75) is 137 Å². The summed E-state index contributed by atoms with van der Waals surface area (Å²) in [5, 5.41) is 0. The van der Waals surface area contributed by atoms with Gasteiger partial charge in [0.2, 0.25) is 0 Å². The predicted molar refractivity (Wildman–Crippen MR) is 170 cm³/mol. The fraction of sp³-hybridized carbons (Fsp3) is 0.568. The van der Waals surface area contributed by atoms with Crippen molar-refractivity contribution in [3.63, 3.8) is 0 Å². The van der Waals surface area contributed by atoms with Crippen molar-refractivity contribution in [1.82, 2.24) is 0 Å². The smallest absolute Gasteiger partial charge is 0.303 e. The molecule has 0 aromatic heterocycles. The second kappa shape index (κ2) is 20.3. The van der Waals surface area contributed by atoms with Gasteiger partial charge < -0.3 is 5.53 Å². The standard InChI is InChI=1S/C37H54N2/c1-5-9-13-14-15-17-21-32-23-19-26-34(29-32)37(33-25-18-22-31(28-33)20-11-7-3)36(27-16-10-6-2)35(30-39-38)24-12-8-4/h18-19,22-23,25-26,28-29H,5-17,20-21,24,27H2,1-4H3. The predicted octanol–water partition coefficient (Wildman–Crippen LogP) is 11.3. The fourth-order valence-electron chi connectivity index (χ4n) is 5.44. The van der Waals surface area contributed by atoms with E-state index in [0.29, 0.717) is 0 Å². The van der Waals surface area contributed by atoms with Gasteiger partial charge in [-0.05, 0) is 84.8 Å². The molecule has 2 aromatic carbocycles. The summed E-state index contributed by atoms with van der Waals surface area (Å²) in [4.78, 5) is 3.43. The van der Waals surface area contributed by atoms with Gasteiger partial charge in [0.15, 0.2) is 0 Å². The minimum absolute atomic E-state index is 0.887. The lowest BCUT2D eigenvalue weighted by atomic mass is 9.84. The molecule has 2 heteroatoms. The fourth-order valence-corrected chi connectivity index (χ4v) is 5.44. The maximum absolute atomic E-state index is 9.61. The number of benzene rings is 2. The van der Waals surface area contributed by atoms with Gasteiger partial charge >= 0.3 is 5.87 Å². The second-order valence-electron chi connectivity index (χ2n) is 11.1. The van der Waals surface area contributed by atoms with Crippen LogP contribution in [0.1, 0.15) is 146 Å². The van der Waals surface area contributed by atoms with Crippen LogP contribution in [-0.4, -0.2) is 10.7 Å². The zero-order valence-corrected chi connectivity index (χ0v) is 25.5. The van der Waals surface area contributed by atoms with Crippen LogP contribution in [0.25, 0.3) is 11.1 Å². The van der Waals surface area contributed by atoms with Gasteiger partial charge in [0.05, 0.1) is 5.57 Å². The Morgan fingerprint density at radius 1 is 0.615 bits per heavy atom. The molecule has 0 spiro atoms. The molecule has 0 saturated heterocycles. The van der Waals surface area contributed by atoms with Crippen molar-refractivity contribution in [3.05, 3.63) is 87.5 Å². The summed E-state index contributed by atoms with van der Waals surface area (Å²) in [5.41, 5.74) is 18.7. The molecule has 2 rings (SSSR count). The highest BCUT2D eigenvalue weighted by atomic mass is 14.8. The quantitative estimate of drug-likeness (QED) is 0.0541. The van der Waals surface area contributed by atoms with E-state index in [9.17, 15) is 5.53 Å². The normalized spacial score (nSPS) is 11.6. The van der Waals surface area contributed by atoms with E-state index in [4.69, 9.17) is 0 Å². The molecule has 0 N–H and O–H groups in total. The molecule has 0 fully saturated rings. The molecule has 212 valence electrons. The van der Waals surface area contributed by atoms with E-state index in [-0.39, 0.29) is 0 Å². The van der Waals surface area contributed by atoms with Gasteiger partial charge in [-0.1, -0.05) is 134 Å². The minimum atomic E-state index is 0.887. The number of rotatable bonds is 20. The van der Waals surface area contributed by atoms with Crippen LogP contribution in [0.15, 0.2) is 59.7 Å². The highest BCUT2D eigenvalue weighted by Gasteiger charge is 2.18. The Morgan fingerprint density at radius 3 is 1.74 bits per heavy atom. The van der Waals surface area contributed by atoms with Crippen molar-refractivity contribution in [2.24, 2.45) is 0 Å². The summed E-state index contributed by atoms with van der Waals surface area (Å²) >= 11 is 0. The van der Waals surface area contributed by atoms with Crippen molar-refractivity contribution < 1.29 is 4.79 Å². The third-order valence-electron chi connectivity index (χ3n) is 7.73. The highest BCUT2D eigenvalue weighted by molar-refractivity contribution is 5.87. The van der Waals surface area contributed by atoms with E-state index in [2.05, 4.69) is 86.9 Å². The van der Waals surface area contributed by atoms with Crippen LogP contribution in [-0.2, 0) is 12.8 Å². The first-order valence-electron chi connectivity index (χ1n) is 16.1. The summed E-state index contributed by atoms with van der Waals surface area (Å²) in [6.45, 7) is 9.02. The Morgan fingerprint density at radius 2 is 1.15 bits per heavy atom. The molecule has 0 heterocycles. The maximum atomic E-state index is 9.61. The van der Waals surface area contributed by atoms with Crippen molar-refractivity contribution in [3.8, 4) is 0 Å². The molecule has 0 aliphatic heterocycles. The van der Waals surface area contributed by atoms with Crippen LogP contribution >= 0.6 is 0 Å². The number of nitrogens with zero attached hydrogens (tertiary/aromatic N) is 2. The molecular formula is C37H54N2. The lowest BCUT2D eigenvalue weighted by Crippen LogP contribution is -2.02. The monoisotopic (exact) mass is 526 g/mol. The van der Waals surface area contributed by atoms with Gasteiger partial charge in [0.25, 0.3) is 0 Å². The zero-order valence-electron chi connectivity index (χ0n) is 25.5. The van der Waals surface area contributed by atoms with Gasteiger partial charge in [-0.3, -0.25) is 0 Å². The highest BCUT2D eigenvalue weighted by Crippen LogP contribution is 2.35. The Balaban J connectivity index is 2.61. The summed E-state index contributed by atoms with van der Waals surface area (Å²) in [6, 6.07) is 18.4. The Bertz CT molecular complexity index is 1080. The summed E-state index contributed by atoms with van der Waals surface area (Å²) in [6.07, 6.45) is 20.1. The third kappa shape index (κ3) is 11.9. The summed E-state index contributed by atoms with van der Waals surface area (Å²) in [7, 11) is 0. The van der Waals surface area contributed by atoms with E-state index in [1.165, 1.54) is 97.6 Å². The topological polar surface area (TPSA) is 36.4 Å². The third-order valence-corrected chi connectivity index (χ3v) is 7.73. The zero-order chi connectivity index (χ0) is 28.1. The van der Waals surface area contributed by atoms with Crippen molar-refractivity contribution in [2.75, 3.05) is 0 Å². The van der Waals surface area contributed by atoms with Crippen LogP contribution in [0, 0.1) is 0 Å². The van der Waals surface area contributed by atoms with Crippen LogP contribution in [0.3, 0.4) is 0 Å². The molecule has 0 bridgehead atoms. The van der Waals surface area contributed by atoms with E-state index in [1.54, 1.807) is 0 Å². The molecule has 0 unspecified atom stereocenters. The van der Waals surface area contributed by atoms with E-state index in [1.807, 2.05) is 0 Å². The molecule has 0 aliphatic carbocycles. The Kier molecular flexibility index (Phi) is 16.9. The molecule has 0 aliphatic rings. The van der Waals surface area contributed by atoms with Gasteiger partial charge in [-0.2, -0.15) is 0 Å². The lowest BCUT2D eigenvalue weighted by molar-refractivity contribution is 0.00739. The Labute approximate surface area is 240 Å². The SMILES string of the molecule is CCCCCCCCc1cccc(C(=C(CCCCC)C(=C=[N+]=[N-])CCCC)c2cccc(CCCC)c2)c1. The number of hydrogen-bond acceptors (Lipinski definition) is 0. The Hall–Kier alpha value is -2.66. The van der Waals surface area contributed by atoms with Gasteiger partial charge in [-0.25, -0.2) is 0 Å². The first-order valence-corrected chi connectivity index (χ1v) is 16.1. The average molecular weight is 527 g/mol. The first-order chi connectivity index (χ1) is 19.2. The van der Waals surface area contributed by atoms with Crippen molar-refractivity contribution in [1.29, 1.82) is 0 Å². The number of unbranched alkanes of at least 4 members (excludes halogenated alkanes) is 9. The molecular weight excluding hydrogens is 472 g/mol. The largest absolute Gasteiger partial charge is 0.348 e. The molecule has 2 aromatic rings. The second-order valence-corrected chi connectivity index (χ2v) is 11.1. The van der Waals surface area contributed by atoms with Crippen LogP contribution in [0.2, 0.25) is 0 Å². The average Bonchev–Trinajstić information content (AvgIpc) is 2.96. The molecule has 0 amide bonds. The van der Waals surface area contributed by atoms with E-state index >= 15 is 0 Å². The molecule has 39 heavy (non-hydrogen) atoms. The van der Waals surface area contributed by atoms with Gasteiger partial charge in [-0.15, -0.1) is 4.79 Å². The first kappa shape index (κ1) is 32.6. The molecule has 0 radical (unpaired) electrons. The van der Waals surface area contributed by atoms with Gasteiger partial charge in [0, 0.05) is 0 Å². The molecule has 0 atom stereocenters. The molecule has 2 nitrogen and oxygen atoms in total. The summed E-state index contributed by atoms with van der Waals surface area (Å²) in [5.74, 6) is 3.03. The summed E-state index contributed by atoms with van der Waals surface area (Å²) < 4.78 is 0. The van der Waals surface area contributed by atoms with Crippen LogP contribution in [0.5, 0.6) is 0 Å².